The van der Waals surface area contributed by atoms with Gasteiger partial charge in [-0.2, -0.15) is 0 Å². The minimum atomic E-state index is -0.463. The molecule has 0 aromatic rings. The molecule has 0 aromatic heterocycles. The Bertz CT molecular complexity index is 498. The fourth-order valence-corrected chi connectivity index (χ4v) is 5.19. The number of carbonyl (C=O) groups excluding carboxylic acids is 2. The van der Waals surface area contributed by atoms with Gasteiger partial charge in [-0.05, 0) is 56.8 Å². The van der Waals surface area contributed by atoms with E-state index in [-0.39, 0.29) is 29.2 Å². The molecule has 0 amide bonds. The molecule has 0 spiro atoms. The molecular weight excluding hydrogens is 292 g/mol. The molecule has 2 aliphatic carbocycles. The number of fused-ring (bicyclic) bond motifs is 1. The Kier molecular flexibility index (Phi) is 5.22. The standard InChI is InChI=1S/C19H30O4/c1-6-23-16(20)12-14-13(2)8-9-15-18(14,3)10-7-11-19(15,4)17(21)22-5/h14-15H,2,6-12H2,1,3-5H3/t14-,15+,18+,19-/m0/s1. The summed E-state index contributed by atoms with van der Waals surface area (Å²) < 4.78 is 10.3. The van der Waals surface area contributed by atoms with E-state index in [1.807, 2.05) is 13.8 Å². The van der Waals surface area contributed by atoms with E-state index in [0.29, 0.717) is 13.0 Å². The lowest BCUT2D eigenvalue weighted by Crippen LogP contribution is -2.54. The second-order valence-corrected chi connectivity index (χ2v) is 7.58. The van der Waals surface area contributed by atoms with E-state index < -0.39 is 5.41 Å². The fraction of sp³-hybridized carbons (Fsp3) is 0.789. The Balaban J connectivity index is 2.33. The lowest BCUT2D eigenvalue weighted by Gasteiger charge is -2.57. The molecule has 2 rings (SSSR count). The first-order valence-electron chi connectivity index (χ1n) is 8.71. The van der Waals surface area contributed by atoms with Gasteiger partial charge in [0.25, 0.3) is 0 Å². The molecule has 4 atom stereocenters. The van der Waals surface area contributed by atoms with Crippen molar-refractivity contribution in [1.82, 2.24) is 0 Å². The zero-order chi connectivity index (χ0) is 17.3. The normalized spacial score (nSPS) is 37.0. The molecule has 2 aliphatic rings. The van der Waals surface area contributed by atoms with Crippen molar-refractivity contribution in [3.05, 3.63) is 12.2 Å². The van der Waals surface area contributed by atoms with Crippen molar-refractivity contribution in [3.63, 3.8) is 0 Å². The quantitative estimate of drug-likeness (QED) is 0.582. The van der Waals surface area contributed by atoms with Crippen molar-refractivity contribution >= 4 is 11.9 Å². The average molecular weight is 322 g/mol. The third-order valence-electron chi connectivity index (χ3n) is 6.35. The summed E-state index contributed by atoms with van der Waals surface area (Å²) in [6, 6.07) is 0. The molecule has 0 heterocycles. The van der Waals surface area contributed by atoms with Crippen LogP contribution in [0, 0.1) is 22.7 Å². The van der Waals surface area contributed by atoms with Crippen molar-refractivity contribution < 1.29 is 19.1 Å². The first-order valence-corrected chi connectivity index (χ1v) is 8.71. The van der Waals surface area contributed by atoms with Crippen LogP contribution in [0.15, 0.2) is 12.2 Å². The molecule has 0 aliphatic heterocycles. The molecule has 0 aromatic carbocycles. The summed E-state index contributed by atoms with van der Waals surface area (Å²) in [4.78, 5) is 24.5. The maximum absolute atomic E-state index is 12.5. The molecule has 0 N–H and O–H groups in total. The van der Waals surface area contributed by atoms with Gasteiger partial charge < -0.3 is 9.47 Å². The monoisotopic (exact) mass is 322 g/mol. The van der Waals surface area contributed by atoms with E-state index in [1.54, 1.807) is 0 Å². The Morgan fingerprint density at radius 2 is 2.00 bits per heavy atom. The Labute approximate surface area is 139 Å². The van der Waals surface area contributed by atoms with Gasteiger partial charge in [-0.15, -0.1) is 0 Å². The molecule has 130 valence electrons. The molecule has 0 unspecified atom stereocenters. The summed E-state index contributed by atoms with van der Waals surface area (Å²) in [5.41, 5.74) is 0.574. The molecular formula is C19H30O4. The van der Waals surface area contributed by atoms with Gasteiger partial charge in [0.15, 0.2) is 0 Å². The summed E-state index contributed by atoms with van der Waals surface area (Å²) in [5.74, 6) is 0.0346. The van der Waals surface area contributed by atoms with Crippen molar-refractivity contribution in [2.24, 2.45) is 22.7 Å². The molecule has 23 heavy (non-hydrogen) atoms. The first kappa shape index (κ1) is 18.0. The van der Waals surface area contributed by atoms with Gasteiger partial charge in [-0.1, -0.05) is 25.5 Å². The van der Waals surface area contributed by atoms with Crippen LogP contribution in [-0.2, 0) is 19.1 Å². The SMILES string of the molecule is C=C1CC[C@@H]2[C@](C)(CCC[C@]2(C)C(=O)OC)[C@H]1CC(=O)OCC. The summed E-state index contributed by atoms with van der Waals surface area (Å²) in [7, 11) is 1.47. The van der Waals surface area contributed by atoms with Gasteiger partial charge >= 0.3 is 11.9 Å². The van der Waals surface area contributed by atoms with E-state index in [9.17, 15) is 9.59 Å². The number of hydrogen-bond donors (Lipinski definition) is 0. The number of methoxy groups -OCH3 is 1. The largest absolute Gasteiger partial charge is 0.469 e. The van der Waals surface area contributed by atoms with Gasteiger partial charge in [-0.3, -0.25) is 9.59 Å². The number of allylic oxidation sites excluding steroid dienone is 1. The van der Waals surface area contributed by atoms with Crippen molar-refractivity contribution in [3.8, 4) is 0 Å². The third kappa shape index (κ3) is 3.05. The molecule has 4 nitrogen and oxygen atoms in total. The van der Waals surface area contributed by atoms with E-state index in [1.165, 1.54) is 7.11 Å². The minimum Gasteiger partial charge on any atom is -0.469 e. The highest BCUT2D eigenvalue weighted by Crippen LogP contribution is 2.62. The molecule has 0 radical (unpaired) electrons. The zero-order valence-corrected chi connectivity index (χ0v) is 14.9. The van der Waals surface area contributed by atoms with Crippen LogP contribution >= 0.6 is 0 Å². The van der Waals surface area contributed by atoms with Crippen molar-refractivity contribution in [1.29, 1.82) is 0 Å². The van der Waals surface area contributed by atoms with Crippen molar-refractivity contribution in [2.75, 3.05) is 13.7 Å². The van der Waals surface area contributed by atoms with Crippen LogP contribution in [0.4, 0.5) is 0 Å². The van der Waals surface area contributed by atoms with Crippen LogP contribution in [0.25, 0.3) is 0 Å². The Morgan fingerprint density at radius 1 is 1.30 bits per heavy atom. The first-order chi connectivity index (χ1) is 10.8. The molecule has 0 bridgehead atoms. The molecule has 2 saturated carbocycles. The van der Waals surface area contributed by atoms with Gasteiger partial charge in [0.2, 0.25) is 0 Å². The zero-order valence-electron chi connectivity index (χ0n) is 14.9. The molecule has 4 heteroatoms. The lowest BCUT2D eigenvalue weighted by molar-refractivity contribution is -0.169. The fourth-order valence-electron chi connectivity index (χ4n) is 5.19. The topological polar surface area (TPSA) is 52.6 Å². The summed E-state index contributed by atoms with van der Waals surface area (Å²) in [6.07, 6.45) is 5.05. The highest BCUT2D eigenvalue weighted by atomic mass is 16.5. The highest BCUT2D eigenvalue weighted by Gasteiger charge is 2.58. The average Bonchev–Trinajstić information content (AvgIpc) is 2.50. The maximum Gasteiger partial charge on any atom is 0.311 e. The minimum absolute atomic E-state index is 0.0876. The van der Waals surface area contributed by atoms with E-state index in [4.69, 9.17) is 9.47 Å². The Hall–Kier alpha value is -1.32. The van der Waals surface area contributed by atoms with Crippen molar-refractivity contribution in [2.45, 2.75) is 59.3 Å². The number of hydrogen-bond acceptors (Lipinski definition) is 4. The van der Waals surface area contributed by atoms with Crippen LogP contribution < -0.4 is 0 Å². The lowest BCUT2D eigenvalue weighted by atomic mass is 9.46. The van der Waals surface area contributed by atoms with Gasteiger partial charge in [0.1, 0.15) is 0 Å². The number of rotatable bonds is 4. The van der Waals surface area contributed by atoms with Gasteiger partial charge in [-0.25, -0.2) is 0 Å². The second kappa shape index (κ2) is 6.66. The van der Waals surface area contributed by atoms with Crippen LogP contribution in [0.1, 0.15) is 59.3 Å². The Morgan fingerprint density at radius 3 is 2.61 bits per heavy atom. The van der Waals surface area contributed by atoms with Crippen LogP contribution in [0.3, 0.4) is 0 Å². The smallest absolute Gasteiger partial charge is 0.311 e. The molecule has 2 fully saturated rings. The number of ether oxygens (including phenoxy) is 2. The maximum atomic E-state index is 12.5. The van der Waals surface area contributed by atoms with Gasteiger partial charge in [0.05, 0.1) is 25.6 Å². The highest BCUT2D eigenvalue weighted by molar-refractivity contribution is 5.77. The van der Waals surface area contributed by atoms with E-state index in [0.717, 1.165) is 37.7 Å². The van der Waals surface area contributed by atoms with Crippen LogP contribution in [0.5, 0.6) is 0 Å². The van der Waals surface area contributed by atoms with Crippen LogP contribution in [0.2, 0.25) is 0 Å². The van der Waals surface area contributed by atoms with E-state index in [2.05, 4.69) is 13.5 Å². The summed E-state index contributed by atoms with van der Waals surface area (Å²) in [6.45, 7) is 10.7. The van der Waals surface area contributed by atoms with Gasteiger partial charge in [0, 0.05) is 0 Å². The second-order valence-electron chi connectivity index (χ2n) is 7.58. The van der Waals surface area contributed by atoms with E-state index >= 15 is 0 Å². The molecule has 0 saturated heterocycles. The summed E-state index contributed by atoms with van der Waals surface area (Å²) >= 11 is 0. The summed E-state index contributed by atoms with van der Waals surface area (Å²) in [5, 5.41) is 0. The predicted molar refractivity (Wildman–Crippen MR) is 88.7 cm³/mol. The van der Waals surface area contributed by atoms with Crippen LogP contribution in [-0.4, -0.2) is 25.7 Å². The predicted octanol–water partition coefficient (Wildman–Crippen LogP) is 3.89. The third-order valence-corrected chi connectivity index (χ3v) is 6.35. The number of carbonyl (C=O) groups is 2. The number of esters is 2.